The average molecular weight is 214 g/mol. The first kappa shape index (κ1) is 11.6. The molecule has 0 saturated carbocycles. The van der Waals surface area contributed by atoms with Crippen molar-refractivity contribution in [3.63, 3.8) is 0 Å². The summed E-state index contributed by atoms with van der Waals surface area (Å²) >= 11 is 1.66. The highest BCUT2D eigenvalue weighted by Crippen LogP contribution is 2.17. The number of thiazole rings is 1. The van der Waals surface area contributed by atoms with Crippen LogP contribution in [0.1, 0.15) is 38.1 Å². The molecule has 0 spiro atoms. The molecule has 4 heteroatoms. The Bertz CT molecular complexity index is 249. The topological polar surface area (TPSA) is 45.1 Å². The van der Waals surface area contributed by atoms with Crippen LogP contribution in [-0.4, -0.2) is 22.2 Å². The van der Waals surface area contributed by atoms with E-state index in [2.05, 4.69) is 24.1 Å². The molecule has 1 rings (SSSR count). The zero-order valence-electron chi connectivity index (χ0n) is 8.90. The first-order chi connectivity index (χ1) is 6.59. The van der Waals surface area contributed by atoms with Gasteiger partial charge in [0.1, 0.15) is 0 Å². The molecular formula is C10H18N2OS. The minimum absolute atomic E-state index is 0.244. The summed E-state index contributed by atoms with van der Waals surface area (Å²) in [6.07, 6.45) is 2.42. The van der Waals surface area contributed by atoms with Crippen molar-refractivity contribution in [2.45, 2.75) is 45.4 Å². The maximum absolute atomic E-state index is 9.22. The normalized spacial score (nSPS) is 17.7. The fourth-order valence-corrected chi connectivity index (χ4v) is 2.17. The zero-order chi connectivity index (χ0) is 10.6. The standard InChI is InChI=1S/C10H18N2OS/c1-7(4-8(2)13)12-9(3)10-5-11-6-14-10/h5-9,12-13H,4H2,1-3H3. The van der Waals surface area contributed by atoms with E-state index < -0.39 is 0 Å². The quantitative estimate of drug-likeness (QED) is 0.787. The lowest BCUT2D eigenvalue weighted by Gasteiger charge is -2.19. The van der Waals surface area contributed by atoms with Gasteiger partial charge in [0.15, 0.2) is 0 Å². The van der Waals surface area contributed by atoms with Crippen molar-refractivity contribution in [2.75, 3.05) is 0 Å². The molecule has 14 heavy (non-hydrogen) atoms. The third kappa shape index (κ3) is 3.74. The second-order valence-electron chi connectivity index (χ2n) is 3.78. The van der Waals surface area contributed by atoms with Crippen LogP contribution in [0, 0.1) is 0 Å². The van der Waals surface area contributed by atoms with E-state index in [0.717, 1.165) is 6.42 Å². The molecule has 0 radical (unpaired) electrons. The van der Waals surface area contributed by atoms with Gasteiger partial charge < -0.3 is 10.4 Å². The summed E-state index contributed by atoms with van der Waals surface area (Å²) < 4.78 is 0. The Morgan fingerprint density at radius 1 is 1.50 bits per heavy atom. The molecule has 0 fully saturated rings. The molecule has 1 aromatic rings. The SMILES string of the molecule is CC(O)CC(C)NC(C)c1cncs1. The molecule has 0 amide bonds. The van der Waals surface area contributed by atoms with Crippen LogP contribution in [0.5, 0.6) is 0 Å². The Hall–Kier alpha value is -0.450. The molecule has 0 bridgehead atoms. The van der Waals surface area contributed by atoms with Crippen LogP contribution in [0.4, 0.5) is 0 Å². The van der Waals surface area contributed by atoms with E-state index in [-0.39, 0.29) is 6.10 Å². The third-order valence-electron chi connectivity index (χ3n) is 2.11. The summed E-state index contributed by atoms with van der Waals surface area (Å²) in [5.74, 6) is 0. The molecule has 0 aliphatic heterocycles. The van der Waals surface area contributed by atoms with Gasteiger partial charge in [-0.15, -0.1) is 11.3 Å². The second kappa shape index (κ2) is 5.44. The van der Waals surface area contributed by atoms with E-state index in [9.17, 15) is 5.11 Å². The van der Waals surface area contributed by atoms with Gasteiger partial charge in [-0.1, -0.05) is 0 Å². The van der Waals surface area contributed by atoms with Gasteiger partial charge in [-0.2, -0.15) is 0 Å². The molecule has 3 unspecified atom stereocenters. The number of hydrogen-bond acceptors (Lipinski definition) is 4. The van der Waals surface area contributed by atoms with E-state index in [1.165, 1.54) is 4.88 Å². The van der Waals surface area contributed by atoms with Crippen molar-refractivity contribution >= 4 is 11.3 Å². The van der Waals surface area contributed by atoms with Crippen LogP contribution in [0.25, 0.3) is 0 Å². The fourth-order valence-electron chi connectivity index (χ4n) is 1.53. The average Bonchev–Trinajstić information content (AvgIpc) is 2.53. The van der Waals surface area contributed by atoms with Crippen LogP contribution >= 0.6 is 11.3 Å². The monoisotopic (exact) mass is 214 g/mol. The van der Waals surface area contributed by atoms with Crippen molar-refractivity contribution in [2.24, 2.45) is 0 Å². The fraction of sp³-hybridized carbons (Fsp3) is 0.700. The number of rotatable bonds is 5. The molecule has 0 saturated heterocycles. The molecule has 0 aromatic carbocycles. The van der Waals surface area contributed by atoms with Gasteiger partial charge in [0.25, 0.3) is 0 Å². The maximum Gasteiger partial charge on any atom is 0.0794 e. The van der Waals surface area contributed by atoms with Crippen LogP contribution in [0.3, 0.4) is 0 Å². The number of nitrogens with one attached hydrogen (secondary N) is 1. The molecule has 2 N–H and O–H groups in total. The highest BCUT2D eigenvalue weighted by Gasteiger charge is 2.11. The predicted molar refractivity (Wildman–Crippen MR) is 59.4 cm³/mol. The molecule has 3 nitrogen and oxygen atoms in total. The second-order valence-corrected chi connectivity index (χ2v) is 4.70. The molecular weight excluding hydrogens is 196 g/mol. The van der Waals surface area contributed by atoms with Gasteiger partial charge in [0.2, 0.25) is 0 Å². The van der Waals surface area contributed by atoms with Crippen LogP contribution < -0.4 is 5.32 Å². The van der Waals surface area contributed by atoms with Crippen LogP contribution in [0.2, 0.25) is 0 Å². The van der Waals surface area contributed by atoms with Gasteiger partial charge in [-0.3, -0.25) is 4.98 Å². The van der Waals surface area contributed by atoms with E-state index in [0.29, 0.717) is 12.1 Å². The Morgan fingerprint density at radius 3 is 2.71 bits per heavy atom. The minimum atomic E-state index is -0.244. The lowest BCUT2D eigenvalue weighted by atomic mass is 10.1. The molecule has 1 aromatic heterocycles. The van der Waals surface area contributed by atoms with Gasteiger partial charge in [-0.25, -0.2) is 0 Å². The smallest absolute Gasteiger partial charge is 0.0794 e. The summed E-state index contributed by atoms with van der Waals surface area (Å²) in [5, 5.41) is 12.6. The van der Waals surface area contributed by atoms with Gasteiger partial charge in [0, 0.05) is 23.2 Å². The minimum Gasteiger partial charge on any atom is -0.393 e. The predicted octanol–water partition coefficient (Wildman–Crippen LogP) is 1.95. The first-order valence-electron chi connectivity index (χ1n) is 4.92. The van der Waals surface area contributed by atoms with Gasteiger partial charge >= 0.3 is 0 Å². The lowest BCUT2D eigenvalue weighted by molar-refractivity contribution is 0.168. The first-order valence-corrected chi connectivity index (χ1v) is 5.80. The van der Waals surface area contributed by atoms with Crippen LogP contribution in [0.15, 0.2) is 11.7 Å². The Kier molecular flexibility index (Phi) is 4.51. The molecule has 1 heterocycles. The number of aliphatic hydroxyl groups excluding tert-OH is 1. The Morgan fingerprint density at radius 2 is 2.21 bits per heavy atom. The summed E-state index contributed by atoms with van der Waals surface area (Å²) in [6.45, 7) is 6.02. The van der Waals surface area contributed by atoms with E-state index >= 15 is 0 Å². The summed E-state index contributed by atoms with van der Waals surface area (Å²) in [6, 6.07) is 0.642. The van der Waals surface area contributed by atoms with Crippen LogP contribution in [-0.2, 0) is 0 Å². The van der Waals surface area contributed by atoms with E-state index in [4.69, 9.17) is 0 Å². The van der Waals surface area contributed by atoms with Crippen molar-refractivity contribution in [1.82, 2.24) is 10.3 Å². The van der Waals surface area contributed by atoms with Crippen molar-refractivity contribution in [3.8, 4) is 0 Å². The number of nitrogens with zero attached hydrogens (tertiary/aromatic N) is 1. The molecule has 0 aliphatic rings. The zero-order valence-corrected chi connectivity index (χ0v) is 9.71. The van der Waals surface area contributed by atoms with Gasteiger partial charge in [-0.05, 0) is 27.2 Å². The number of aliphatic hydroxyl groups is 1. The number of aromatic nitrogens is 1. The summed E-state index contributed by atoms with van der Waals surface area (Å²) in [4.78, 5) is 5.28. The largest absolute Gasteiger partial charge is 0.393 e. The maximum atomic E-state index is 9.22. The van der Waals surface area contributed by atoms with Gasteiger partial charge in [0.05, 0.1) is 11.6 Å². The molecule has 3 atom stereocenters. The summed E-state index contributed by atoms with van der Waals surface area (Å²) in [7, 11) is 0. The number of hydrogen-bond donors (Lipinski definition) is 2. The Balaban J connectivity index is 2.37. The molecule has 0 aliphatic carbocycles. The molecule has 80 valence electrons. The highest BCUT2D eigenvalue weighted by molar-refractivity contribution is 7.09. The van der Waals surface area contributed by atoms with Crippen molar-refractivity contribution < 1.29 is 5.11 Å². The van der Waals surface area contributed by atoms with E-state index in [1.54, 1.807) is 11.3 Å². The summed E-state index contributed by atoms with van der Waals surface area (Å²) in [5.41, 5.74) is 1.84. The van der Waals surface area contributed by atoms with Crippen molar-refractivity contribution in [1.29, 1.82) is 0 Å². The lowest BCUT2D eigenvalue weighted by Crippen LogP contribution is -2.31. The Labute approximate surface area is 89.2 Å². The van der Waals surface area contributed by atoms with Crippen molar-refractivity contribution in [3.05, 3.63) is 16.6 Å². The third-order valence-corrected chi connectivity index (χ3v) is 3.07. The van der Waals surface area contributed by atoms with E-state index in [1.807, 2.05) is 18.6 Å². The highest BCUT2D eigenvalue weighted by atomic mass is 32.1.